The molecule has 0 bridgehead atoms. The summed E-state index contributed by atoms with van der Waals surface area (Å²) in [6, 6.07) is 4.28. The minimum absolute atomic E-state index is 0.225. The Hall–Kier alpha value is -1.89. The van der Waals surface area contributed by atoms with Crippen LogP contribution in [0.5, 0.6) is 5.75 Å². The molecule has 0 aliphatic rings. The Morgan fingerprint density at radius 3 is 2.58 bits per heavy atom. The van der Waals surface area contributed by atoms with Crippen molar-refractivity contribution >= 4 is 15.8 Å². The third-order valence-electron chi connectivity index (χ3n) is 2.33. The number of para-hydroxylation sites is 1. The van der Waals surface area contributed by atoms with E-state index in [1.165, 1.54) is 19.1 Å². The second-order valence-corrected chi connectivity index (χ2v) is 5.95. The van der Waals surface area contributed by atoms with Gasteiger partial charge in [0.15, 0.2) is 0 Å². The molecule has 0 aliphatic heterocycles. The molecule has 0 radical (unpaired) electrons. The molecule has 0 amide bonds. The van der Waals surface area contributed by atoms with Gasteiger partial charge in [-0.05, 0) is 20.3 Å². The van der Waals surface area contributed by atoms with Crippen molar-refractivity contribution in [3.8, 4) is 5.75 Å². The topological polar surface area (TPSA) is 86.5 Å². The van der Waals surface area contributed by atoms with Crippen LogP contribution in [0.4, 0.5) is 5.69 Å². The molecule has 0 aromatic heterocycles. The molecule has 0 fully saturated rings. The highest BCUT2D eigenvalue weighted by molar-refractivity contribution is 7.87. The number of nitro groups is 1. The van der Waals surface area contributed by atoms with E-state index in [1.54, 1.807) is 13.0 Å². The van der Waals surface area contributed by atoms with E-state index in [-0.39, 0.29) is 17.2 Å². The zero-order chi connectivity index (χ0) is 14.6. The van der Waals surface area contributed by atoms with Crippen LogP contribution >= 0.6 is 0 Å². The monoisotopic (exact) mass is 285 g/mol. The summed E-state index contributed by atoms with van der Waals surface area (Å²) >= 11 is 0. The molecule has 0 saturated carbocycles. The van der Waals surface area contributed by atoms with Gasteiger partial charge in [0.1, 0.15) is 0 Å². The molecular weight excluding hydrogens is 270 g/mol. The molecule has 0 spiro atoms. The Labute approximate surface area is 112 Å². The molecule has 0 saturated heterocycles. The smallest absolute Gasteiger partial charge is 0.313 e. The van der Waals surface area contributed by atoms with E-state index < -0.39 is 15.0 Å². The van der Waals surface area contributed by atoms with Crippen LogP contribution in [0.25, 0.3) is 0 Å². The van der Waals surface area contributed by atoms with Gasteiger partial charge in [0.05, 0.1) is 10.7 Å². The van der Waals surface area contributed by atoms with Crippen LogP contribution in [0.1, 0.15) is 19.4 Å². The summed E-state index contributed by atoms with van der Waals surface area (Å²) in [4.78, 5) is 10.3. The standard InChI is InChI=1S/C12H15NO5S/c1-4-19(16,17)18-12-10(8-9(2)3)6-5-7-11(12)13(14)15/h5-7H,2,4,8H2,1,3H3. The van der Waals surface area contributed by atoms with Crippen LogP contribution in [-0.4, -0.2) is 19.1 Å². The Kier molecular flexibility index (Phi) is 4.66. The van der Waals surface area contributed by atoms with Gasteiger partial charge >= 0.3 is 15.8 Å². The first-order chi connectivity index (χ1) is 8.76. The van der Waals surface area contributed by atoms with Crippen LogP contribution in [0, 0.1) is 10.1 Å². The number of allylic oxidation sites excluding steroid dienone is 1. The predicted octanol–water partition coefficient (Wildman–Crippen LogP) is 2.44. The van der Waals surface area contributed by atoms with Crippen molar-refractivity contribution in [2.75, 3.05) is 5.75 Å². The molecule has 1 aromatic carbocycles. The van der Waals surface area contributed by atoms with E-state index in [0.717, 1.165) is 5.57 Å². The van der Waals surface area contributed by atoms with Crippen LogP contribution in [-0.2, 0) is 16.5 Å². The van der Waals surface area contributed by atoms with Crippen molar-refractivity contribution in [2.24, 2.45) is 0 Å². The summed E-state index contributed by atoms with van der Waals surface area (Å²) in [7, 11) is -3.82. The first-order valence-electron chi connectivity index (χ1n) is 5.59. The van der Waals surface area contributed by atoms with E-state index in [2.05, 4.69) is 6.58 Å². The van der Waals surface area contributed by atoms with Gasteiger partial charge < -0.3 is 4.18 Å². The first-order valence-corrected chi connectivity index (χ1v) is 7.17. The maximum Gasteiger partial charge on any atom is 0.313 e. The number of nitro benzene ring substituents is 1. The third kappa shape index (κ3) is 4.06. The fourth-order valence-corrected chi connectivity index (χ4v) is 2.03. The Bertz CT molecular complexity index is 607. The lowest BCUT2D eigenvalue weighted by atomic mass is 10.1. The molecule has 6 nitrogen and oxygen atoms in total. The fraction of sp³-hybridized carbons (Fsp3) is 0.333. The average Bonchev–Trinajstić information content (AvgIpc) is 2.30. The van der Waals surface area contributed by atoms with Crippen LogP contribution in [0.15, 0.2) is 30.4 Å². The minimum Gasteiger partial charge on any atom is -0.375 e. The zero-order valence-electron chi connectivity index (χ0n) is 10.8. The first kappa shape index (κ1) is 15.2. The third-order valence-corrected chi connectivity index (χ3v) is 3.46. The predicted molar refractivity (Wildman–Crippen MR) is 71.7 cm³/mol. The molecule has 19 heavy (non-hydrogen) atoms. The van der Waals surface area contributed by atoms with Gasteiger partial charge in [-0.3, -0.25) is 10.1 Å². The van der Waals surface area contributed by atoms with E-state index in [9.17, 15) is 18.5 Å². The van der Waals surface area contributed by atoms with Crippen molar-refractivity contribution in [1.82, 2.24) is 0 Å². The Morgan fingerprint density at radius 1 is 1.47 bits per heavy atom. The number of nitrogens with zero attached hydrogens (tertiary/aromatic N) is 1. The largest absolute Gasteiger partial charge is 0.375 e. The highest BCUT2D eigenvalue weighted by atomic mass is 32.2. The van der Waals surface area contributed by atoms with Crippen molar-refractivity contribution in [1.29, 1.82) is 0 Å². The number of rotatable bonds is 6. The van der Waals surface area contributed by atoms with Crippen LogP contribution in [0.3, 0.4) is 0 Å². The molecule has 104 valence electrons. The van der Waals surface area contributed by atoms with Crippen LogP contribution in [0.2, 0.25) is 0 Å². The molecule has 0 unspecified atom stereocenters. The van der Waals surface area contributed by atoms with Gasteiger partial charge in [-0.25, -0.2) is 0 Å². The van der Waals surface area contributed by atoms with E-state index in [4.69, 9.17) is 4.18 Å². The van der Waals surface area contributed by atoms with Crippen molar-refractivity contribution in [3.63, 3.8) is 0 Å². The molecule has 0 heterocycles. The molecule has 1 aromatic rings. The zero-order valence-corrected chi connectivity index (χ0v) is 11.6. The fourth-order valence-electron chi connectivity index (χ4n) is 1.46. The number of hydrogen-bond donors (Lipinski definition) is 0. The average molecular weight is 285 g/mol. The van der Waals surface area contributed by atoms with E-state index in [1.807, 2.05) is 0 Å². The van der Waals surface area contributed by atoms with Crippen molar-refractivity contribution in [2.45, 2.75) is 20.3 Å². The summed E-state index contributed by atoms with van der Waals surface area (Å²) in [6.45, 7) is 6.86. The lowest BCUT2D eigenvalue weighted by Crippen LogP contribution is -2.14. The Morgan fingerprint density at radius 2 is 2.11 bits per heavy atom. The van der Waals surface area contributed by atoms with Gasteiger partial charge in [0.25, 0.3) is 0 Å². The maximum atomic E-state index is 11.5. The van der Waals surface area contributed by atoms with Crippen molar-refractivity contribution < 1.29 is 17.5 Å². The molecule has 7 heteroatoms. The number of benzene rings is 1. The van der Waals surface area contributed by atoms with E-state index in [0.29, 0.717) is 12.0 Å². The van der Waals surface area contributed by atoms with Gasteiger partial charge in [-0.15, -0.1) is 0 Å². The van der Waals surface area contributed by atoms with E-state index >= 15 is 0 Å². The van der Waals surface area contributed by atoms with Crippen molar-refractivity contribution in [3.05, 3.63) is 46.0 Å². The Balaban J connectivity index is 3.37. The second kappa shape index (κ2) is 5.83. The second-order valence-electron chi connectivity index (χ2n) is 4.09. The highest BCUT2D eigenvalue weighted by Crippen LogP contribution is 2.33. The van der Waals surface area contributed by atoms with Gasteiger partial charge in [0, 0.05) is 11.6 Å². The van der Waals surface area contributed by atoms with Gasteiger partial charge in [-0.2, -0.15) is 8.42 Å². The minimum atomic E-state index is -3.82. The summed E-state index contributed by atoms with van der Waals surface area (Å²) in [6.07, 6.45) is 0.316. The molecule has 0 aliphatic carbocycles. The molecule has 0 N–H and O–H groups in total. The lowest BCUT2D eigenvalue weighted by molar-refractivity contribution is -0.385. The molecule has 1 rings (SSSR count). The summed E-state index contributed by atoms with van der Waals surface area (Å²) in [5, 5.41) is 10.9. The van der Waals surface area contributed by atoms with Gasteiger partial charge in [-0.1, -0.05) is 24.3 Å². The summed E-state index contributed by atoms with van der Waals surface area (Å²) < 4.78 is 27.9. The maximum absolute atomic E-state index is 11.5. The number of hydrogen-bond acceptors (Lipinski definition) is 5. The lowest BCUT2D eigenvalue weighted by Gasteiger charge is -2.10. The molecule has 0 atom stereocenters. The van der Waals surface area contributed by atoms with Gasteiger partial charge in [0.2, 0.25) is 5.75 Å². The molecular formula is C12H15NO5S. The summed E-state index contributed by atoms with van der Waals surface area (Å²) in [5.41, 5.74) is 0.814. The normalized spacial score (nSPS) is 11.1. The van der Waals surface area contributed by atoms with Crippen LogP contribution < -0.4 is 4.18 Å². The SMILES string of the molecule is C=C(C)Cc1cccc([N+](=O)[O-])c1OS(=O)(=O)CC. The quantitative estimate of drug-likeness (QED) is 0.347. The highest BCUT2D eigenvalue weighted by Gasteiger charge is 2.23. The summed E-state index contributed by atoms with van der Waals surface area (Å²) in [5.74, 6) is -0.483.